The Hall–Kier alpha value is -3.17. The maximum Gasteiger partial charge on any atom is 0.420 e. The average Bonchev–Trinajstić information content (AvgIpc) is 2.84. The maximum atomic E-state index is 13.3. The first-order valence-electron chi connectivity index (χ1n) is 10.7. The zero-order chi connectivity index (χ0) is 24.6. The summed E-state index contributed by atoms with van der Waals surface area (Å²) < 4.78 is 11.3. The third kappa shape index (κ3) is 5.61. The molecule has 0 spiro atoms. The highest BCUT2D eigenvalue weighted by Crippen LogP contribution is 2.42. The maximum absolute atomic E-state index is 13.3. The lowest BCUT2D eigenvalue weighted by atomic mass is 10.1. The van der Waals surface area contributed by atoms with Gasteiger partial charge in [-0.05, 0) is 65.3 Å². The normalized spacial score (nSPS) is 14.7. The summed E-state index contributed by atoms with van der Waals surface area (Å²) in [5.74, 6) is 0.328. The smallest absolute Gasteiger partial charge is 0.420 e. The minimum Gasteiger partial charge on any atom is -0.443 e. The van der Waals surface area contributed by atoms with E-state index in [9.17, 15) is 19.8 Å². The molecule has 0 bridgehead atoms. The molecule has 178 valence electrons. The van der Waals surface area contributed by atoms with Gasteiger partial charge in [-0.1, -0.05) is 12.1 Å². The average molecular weight is 458 g/mol. The fourth-order valence-electron chi connectivity index (χ4n) is 3.36. The van der Waals surface area contributed by atoms with Crippen molar-refractivity contribution >= 4 is 29.4 Å². The number of carbonyl (C=O) groups is 2. The van der Waals surface area contributed by atoms with Crippen molar-refractivity contribution in [1.29, 1.82) is 0 Å². The standard InChI is InChI=1S/C24H31N3O6/c1-23(2,3)32-21(30)26-13-16-8-7-11-25-20(16)27(22(31)33-24(4,5)6)17-10-9-15(12-18(17)26)19(29)14-28/h7-12,19,28-29H,13-14H2,1-6H3. The lowest BCUT2D eigenvalue weighted by Gasteiger charge is -2.30. The fraction of sp³-hybridized carbons (Fsp3) is 0.458. The number of hydrogen-bond donors (Lipinski definition) is 2. The molecule has 2 aromatic rings. The molecule has 0 aliphatic carbocycles. The number of fused-ring (bicyclic) bond motifs is 2. The molecule has 1 atom stereocenters. The van der Waals surface area contributed by atoms with Crippen molar-refractivity contribution in [3.8, 4) is 0 Å². The second kappa shape index (κ2) is 8.99. The SMILES string of the molecule is CC(C)(C)OC(=O)N1Cc2cccnc2N(C(=O)OC(C)(C)C)c2ccc(C(O)CO)cc21. The first-order chi connectivity index (χ1) is 15.3. The van der Waals surface area contributed by atoms with E-state index in [1.54, 1.807) is 78.1 Å². The topological polar surface area (TPSA) is 112 Å². The van der Waals surface area contributed by atoms with Gasteiger partial charge in [0.1, 0.15) is 23.1 Å². The van der Waals surface area contributed by atoms with Gasteiger partial charge in [-0.25, -0.2) is 19.5 Å². The van der Waals surface area contributed by atoms with Crippen LogP contribution in [0, 0.1) is 0 Å². The predicted octanol–water partition coefficient (Wildman–Crippen LogP) is 4.44. The Balaban J connectivity index is 2.24. The number of benzene rings is 1. The molecule has 0 saturated carbocycles. The van der Waals surface area contributed by atoms with Crippen LogP contribution in [0.4, 0.5) is 26.8 Å². The molecular formula is C24H31N3O6. The summed E-state index contributed by atoms with van der Waals surface area (Å²) in [5, 5.41) is 19.6. The van der Waals surface area contributed by atoms with E-state index in [1.165, 1.54) is 9.80 Å². The summed E-state index contributed by atoms with van der Waals surface area (Å²) in [5.41, 5.74) is 0.118. The number of aliphatic hydroxyl groups excluding tert-OH is 2. The molecular weight excluding hydrogens is 426 g/mol. The van der Waals surface area contributed by atoms with E-state index >= 15 is 0 Å². The van der Waals surface area contributed by atoms with Crippen LogP contribution in [0.5, 0.6) is 0 Å². The van der Waals surface area contributed by atoms with Crippen LogP contribution in [-0.4, -0.2) is 45.2 Å². The molecule has 2 heterocycles. The van der Waals surface area contributed by atoms with E-state index in [1.807, 2.05) is 0 Å². The molecule has 0 radical (unpaired) electrons. The molecule has 3 rings (SSSR count). The van der Waals surface area contributed by atoms with Gasteiger partial charge < -0.3 is 19.7 Å². The molecule has 9 heteroatoms. The van der Waals surface area contributed by atoms with Gasteiger partial charge in [-0.3, -0.25) is 4.90 Å². The summed E-state index contributed by atoms with van der Waals surface area (Å²) in [4.78, 5) is 33.7. The molecule has 1 aliphatic heterocycles. The van der Waals surface area contributed by atoms with Crippen molar-refractivity contribution in [3.05, 3.63) is 47.7 Å². The third-order valence-electron chi connectivity index (χ3n) is 4.69. The van der Waals surface area contributed by atoms with E-state index in [0.717, 1.165) is 0 Å². The highest BCUT2D eigenvalue weighted by Gasteiger charge is 2.36. The Bertz CT molecular complexity index is 1040. The van der Waals surface area contributed by atoms with Gasteiger partial charge in [0.15, 0.2) is 0 Å². The van der Waals surface area contributed by atoms with Crippen molar-refractivity contribution in [3.63, 3.8) is 0 Å². The third-order valence-corrected chi connectivity index (χ3v) is 4.69. The number of rotatable bonds is 2. The molecule has 9 nitrogen and oxygen atoms in total. The number of nitrogens with zero attached hydrogens (tertiary/aromatic N) is 3. The van der Waals surface area contributed by atoms with Crippen LogP contribution in [0.15, 0.2) is 36.5 Å². The van der Waals surface area contributed by atoms with Gasteiger partial charge in [-0.15, -0.1) is 0 Å². The van der Waals surface area contributed by atoms with Crippen LogP contribution >= 0.6 is 0 Å². The first-order valence-corrected chi connectivity index (χ1v) is 10.7. The summed E-state index contributed by atoms with van der Waals surface area (Å²) in [6.07, 6.45) is -0.886. The number of ether oxygens (including phenoxy) is 2. The minimum absolute atomic E-state index is 0.0725. The first kappa shape index (κ1) is 24.5. The molecule has 2 amide bonds. The van der Waals surface area contributed by atoms with Gasteiger partial charge in [0.05, 0.1) is 24.5 Å². The van der Waals surface area contributed by atoms with Crippen LogP contribution in [-0.2, 0) is 16.0 Å². The van der Waals surface area contributed by atoms with E-state index in [0.29, 0.717) is 28.3 Å². The quantitative estimate of drug-likeness (QED) is 0.686. The van der Waals surface area contributed by atoms with E-state index in [2.05, 4.69) is 4.98 Å². The fourth-order valence-corrected chi connectivity index (χ4v) is 3.36. The van der Waals surface area contributed by atoms with Crippen molar-refractivity contribution in [2.75, 3.05) is 16.4 Å². The van der Waals surface area contributed by atoms with E-state index < -0.39 is 36.1 Å². The van der Waals surface area contributed by atoms with E-state index in [-0.39, 0.29) is 6.54 Å². The van der Waals surface area contributed by atoms with Gasteiger partial charge >= 0.3 is 12.2 Å². The summed E-state index contributed by atoms with van der Waals surface area (Å²) in [6, 6.07) is 8.22. The summed E-state index contributed by atoms with van der Waals surface area (Å²) in [6.45, 7) is 10.1. The van der Waals surface area contributed by atoms with Crippen molar-refractivity contribution in [2.24, 2.45) is 0 Å². The van der Waals surface area contributed by atoms with Gasteiger partial charge in [0.2, 0.25) is 0 Å². The summed E-state index contributed by atoms with van der Waals surface area (Å²) >= 11 is 0. The Labute approximate surface area is 193 Å². The second-order valence-corrected chi connectivity index (χ2v) is 9.81. The summed E-state index contributed by atoms with van der Waals surface area (Å²) in [7, 11) is 0. The molecule has 0 fully saturated rings. The molecule has 1 aliphatic rings. The lowest BCUT2D eigenvalue weighted by molar-refractivity contribution is 0.0570. The van der Waals surface area contributed by atoms with E-state index in [4.69, 9.17) is 9.47 Å². The largest absolute Gasteiger partial charge is 0.443 e. The zero-order valence-corrected chi connectivity index (χ0v) is 19.8. The predicted molar refractivity (Wildman–Crippen MR) is 124 cm³/mol. The van der Waals surface area contributed by atoms with Crippen LogP contribution in [0.1, 0.15) is 58.8 Å². The number of pyridine rings is 1. The number of aliphatic hydroxyl groups is 2. The Morgan fingerprint density at radius 1 is 1.03 bits per heavy atom. The van der Waals surface area contributed by atoms with Crippen molar-refractivity contribution in [1.82, 2.24) is 4.98 Å². The Morgan fingerprint density at radius 2 is 1.67 bits per heavy atom. The van der Waals surface area contributed by atoms with Crippen LogP contribution in [0.25, 0.3) is 0 Å². The molecule has 1 aromatic carbocycles. The van der Waals surface area contributed by atoms with Gasteiger partial charge in [0.25, 0.3) is 0 Å². The monoisotopic (exact) mass is 457 g/mol. The van der Waals surface area contributed by atoms with Crippen LogP contribution in [0.3, 0.4) is 0 Å². The van der Waals surface area contributed by atoms with Crippen molar-refractivity contribution < 1.29 is 29.3 Å². The lowest BCUT2D eigenvalue weighted by Crippen LogP contribution is -2.37. The molecule has 33 heavy (non-hydrogen) atoms. The molecule has 1 aromatic heterocycles. The second-order valence-electron chi connectivity index (χ2n) is 9.81. The number of carbonyl (C=O) groups excluding carboxylic acids is 2. The zero-order valence-electron chi connectivity index (χ0n) is 19.8. The van der Waals surface area contributed by atoms with Crippen molar-refractivity contribution in [2.45, 2.75) is 65.4 Å². The molecule has 1 unspecified atom stereocenters. The highest BCUT2D eigenvalue weighted by molar-refractivity contribution is 6.04. The highest BCUT2D eigenvalue weighted by atomic mass is 16.6. The number of aromatic nitrogens is 1. The number of hydrogen-bond acceptors (Lipinski definition) is 7. The molecule has 2 N–H and O–H groups in total. The van der Waals surface area contributed by atoms with Crippen LogP contribution < -0.4 is 9.80 Å². The van der Waals surface area contributed by atoms with Crippen LogP contribution in [0.2, 0.25) is 0 Å². The van der Waals surface area contributed by atoms with Gasteiger partial charge in [-0.2, -0.15) is 0 Å². The number of amides is 2. The Morgan fingerprint density at radius 3 is 2.27 bits per heavy atom. The molecule has 0 saturated heterocycles. The van der Waals surface area contributed by atoms with Gasteiger partial charge in [0, 0.05) is 11.8 Å². The Kier molecular flexibility index (Phi) is 6.67. The minimum atomic E-state index is -1.16. The number of anilines is 3.